The number of phenolic OH excluding ortho intramolecular Hbond substituents is 1. The van der Waals surface area contributed by atoms with Gasteiger partial charge < -0.3 is 24.3 Å². The first-order valence-corrected chi connectivity index (χ1v) is 16.1. The second kappa shape index (κ2) is 14.0. The smallest absolute Gasteiger partial charge is 0.261 e. The molecule has 2 unspecified atom stereocenters. The second-order valence-corrected chi connectivity index (χ2v) is 14.9. The maximum Gasteiger partial charge on any atom is 0.261 e. The molecule has 2 atom stereocenters. The molecule has 0 aliphatic heterocycles. The molecule has 0 bridgehead atoms. The van der Waals surface area contributed by atoms with Gasteiger partial charge in [0.15, 0.2) is 26.4 Å². The maximum atomic E-state index is 12.7. The Morgan fingerprint density at radius 3 is 2.39 bits per heavy atom. The predicted molar refractivity (Wildman–Crippen MR) is 148 cm³/mol. The standard InChI is InChI=1S/C24H35BrN2O7SSi/c1-6-36(7-2,8-3)34-23(17-9-11-20(28)19(13-17)27(4)35(30)31)15-26-24(29)16-33-21-12-10-18(25)14-22(21)32-5/h9-14,23,28H,6-8,15-16H2,1-5H3,(H,26,29)(H,30,31). The number of carbonyl (C=O) groups excluding carboxylic acids is 1. The fraction of sp³-hybridized carbons (Fsp3) is 0.458. The van der Waals surface area contributed by atoms with Gasteiger partial charge in [0.25, 0.3) is 17.2 Å². The topological polar surface area (TPSA) is 118 Å². The Morgan fingerprint density at radius 2 is 1.81 bits per heavy atom. The van der Waals surface area contributed by atoms with Gasteiger partial charge in [-0.1, -0.05) is 42.8 Å². The molecule has 0 saturated heterocycles. The van der Waals surface area contributed by atoms with E-state index < -0.39 is 25.7 Å². The first-order chi connectivity index (χ1) is 17.1. The number of hydrogen-bond donors (Lipinski definition) is 3. The Labute approximate surface area is 224 Å². The molecule has 0 radical (unpaired) electrons. The van der Waals surface area contributed by atoms with Gasteiger partial charge in [-0.05, 0) is 54.0 Å². The van der Waals surface area contributed by atoms with E-state index in [9.17, 15) is 18.7 Å². The van der Waals surface area contributed by atoms with Crippen LogP contribution in [-0.2, 0) is 20.5 Å². The molecular weight excluding hydrogens is 568 g/mol. The number of hydrogen-bond acceptors (Lipinski definition) is 6. The molecule has 3 N–H and O–H groups in total. The molecule has 1 amide bonds. The van der Waals surface area contributed by atoms with Gasteiger partial charge in [0.1, 0.15) is 5.75 Å². The number of halogens is 1. The summed E-state index contributed by atoms with van der Waals surface area (Å²) >= 11 is 1.06. The molecule has 12 heteroatoms. The Kier molecular flexibility index (Phi) is 11.7. The van der Waals surface area contributed by atoms with Gasteiger partial charge in [-0.15, -0.1) is 0 Å². The van der Waals surface area contributed by atoms with Crippen LogP contribution in [0.3, 0.4) is 0 Å². The van der Waals surface area contributed by atoms with E-state index >= 15 is 0 Å². The number of nitrogens with one attached hydrogen (secondary N) is 1. The quantitative estimate of drug-likeness (QED) is 0.206. The fourth-order valence-electron chi connectivity index (χ4n) is 3.77. The molecule has 2 rings (SSSR count). The molecule has 2 aromatic carbocycles. The molecule has 200 valence electrons. The Hall–Kier alpha value is -2.12. The predicted octanol–water partition coefficient (Wildman–Crippen LogP) is 4.99. The number of methoxy groups -OCH3 is 1. The molecule has 9 nitrogen and oxygen atoms in total. The maximum absolute atomic E-state index is 12.7. The van der Waals surface area contributed by atoms with Gasteiger partial charge in [0, 0.05) is 18.1 Å². The molecular formula is C24H35BrN2O7SSi. The van der Waals surface area contributed by atoms with Crippen molar-refractivity contribution >= 4 is 47.1 Å². The van der Waals surface area contributed by atoms with Crippen molar-refractivity contribution < 1.29 is 32.6 Å². The number of carbonyl (C=O) groups is 1. The molecule has 0 aliphatic carbocycles. The largest absolute Gasteiger partial charge is 0.506 e. The van der Waals surface area contributed by atoms with Crippen LogP contribution in [0.4, 0.5) is 5.69 Å². The van der Waals surface area contributed by atoms with E-state index in [2.05, 4.69) is 42.0 Å². The highest BCUT2D eigenvalue weighted by Gasteiger charge is 2.33. The molecule has 0 heterocycles. The third kappa shape index (κ3) is 7.94. The fourth-order valence-corrected chi connectivity index (χ4v) is 7.25. The van der Waals surface area contributed by atoms with Crippen LogP contribution in [0.5, 0.6) is 17.2 Å². The van der Waals surface area contributed by atoms with Crippen molar-refractivity contribution in [2.75, 3.05) is 31.6 Å². The van der Waals surface area contributed by atoms with Gasteiger partial charge >= 0.3 is 0 Å². The van der Waals surface area contributed by atoms with Gasteiger partial charge in [0.2, 0.25) is 0 Å². The number of phenols is 1. The number of ether oxygens (including phenoxy) is 2. The first kappa shape index (κ1) is 30.1. The van der Waals surface area contributed by atoms with Crippen LogP contribution in [0.1, 0.15) is 32.4 Å². The molecule has 0 spiro atoms. The van der Waals surface area contributed by atoms with Crippen LogP contribution >= 0.6 is 15.9 Å². The molecule has 0 fully saturated rings. The van der Waals surface area contributed by atoms with Crippen molar-refractivity contribution in [2.45, 2.75) is 45.0 Å². The van der Waals surface area contributed by atoms with Gasteiger partial charge in [-0.2, -0.15) is 0 Å². The summed E-state index contributed by atoms with van der Waals surface area (Å²) in [5.74, 6) is 0.484. The zero-order valence-electron chi connectivity index (χ0n) is 21.2. The van der Waals surface area contributed by atoms with Crippen LogP contribution in [0, 0.1) is 0 Å². The molecule has 0 aromatic heterocycles. The van der Waals surface area contributed by atoms with Crippen molar-refractivity contribution in [1.82, 2.24) is 5.32 Å². The van der Waals surface area contributed by atoms with Crippen molar-refractivity contribution in [3.05, 3.63) is 46.4 Å². The minimum atomic E-state index is -2.31. The lowest BCUT2D eigenvalue weighted by molar-refractivity contribution is -0.123. The third-order valence-electron chi connectivity index (χ3n) is 6.24. The average molecular weight is 604 g/mol. The molecule has 36 heavy (non-hydrogen) atoms. The zero-order chi connectivity index (χ0) is 26.9. The minimum absolute atomic E-state index is 0.131. The van der Waals surface area contributed by atoms with Crippen LogP contribution in [0.2, 0.25) is 18.1 Å². The lowest BCUT2D eigenvalue weighted by atomic mass is 10.1. The summed E-state index contributed by atoms with van der Waals surface area (Å²) in [4.78, 5) is 12.7. The van der Waals surface area contributed by atoms with E-state index in [4.69, 9.17) is 13.9 Å². The second-order valence-electron chi connectivity index (χ2n) is 8.21. The van der Waals surface area contributed by atoms with Crippen molar-refractivity contribution in [1.29, 1.82) is 0 Å². The number of anilines is 1. The summed E-state index contributed by atoms with van der Waals surface area (Å²) < 4.78 is 40.6. The van der Waals surface area contributed by atoms with Gasteiger partial charge in [-0.3, -0.25) is 13.7 Å². The Bertz CT molecular complexity index is 1050. The summed E-state index contributed by atoms with van der Waals surface area (Å²) in [6, 6.07) is 12.8. The number of amides is 1. The molecule has 0 aliphatic rings. The van der Waals surface area contributed by atoms with Crippen LogP contribution in [0.25, 0.3) is 0 Å². The van der Waals surface area contributed by atoms with Crippen molar-refractivity contribution in [3.63, 3.8) is 0 Å². The van der Waals surface area contributed by atoms with Gasteiger partial charge in [-0.25, -0.2) is 4.21 Å². The summed E-state index contributed by atoms with van der Waals surface area (Å²) in [6.07, 6.45) is -0.512. The molecule has 2 aromatic rings. The lowest BCUT2D eigenvalue weighted by Gasteiger charge is -2.34. The number of benzene rings is 2. The molecule has 0 saturated carbocycles. The lowest BCUT2D eigenvalue weighted by Crippen LogP contribution is -2.41. The van der Waals surface area contributed by atoms with E-state index in [0.717, 1.165) is 26.9 Å². The first-order valence-electron chi connectivity index (χ1n) is 11.7. The average Bonchev–Trinajstić information content (AvgIpc) is 2.88. The van der Waals surface area contributed by atoms with Crippen molar-refractivity contribution in [2.24, 2.45) is 0 Å². The monoisotopic (exact) mass is 602 g/mol. The number of aromatic hydroxyl groups is 1. The van der Waals surface area contributed by atoms with E-state index in [1.165, 1.54) is 20.2 Å². The van der Waals surface area contributed by atoms with E-state index in [0.29, 0.717) is 17.1 Å². The minimum Gasteiger partial charge on any atom is -0.506 e. The number of nitrogens with zero attached hydrogens (tertiary/aromatic N) is 1. The van der Waals surface area contributed by atoms with Crippen molar-refractivity contribution in [3.8, 4) is 17.2 Å². The van der Waals surface area contributed by atoms with Gasteiger partial charge in [0.05, 0.1) is 18.9 Å². The normalized spacial score (nSPS) is 13.1. The summed E-state index contributed by atoms with van der Waals surface area (Å²) in [7, 11) is 0.838. The van der Waals surface area contributed by atoms with E-state index in [1.54, 1.807) is 30.3 Å². The summed E-state index contributed by atoms with van der Waals surface area (Å²) in [5, 5.41) is 13.1. The third-order valence-corrected chi connectivity index (χ3v) is 12.0. The van der Waals surface area contributed by atoms with Crippen LogP contribution < -0.4 is 19.1 Å². The SMILES string of the molecule is CC[Si](CC)(CC)OC(CNC(=O)COc1ccc(Br)cc1OC)c1ccc(O)c(N(C)S(=O)O)c1. The highest BCUT2D eigenvalue weighted by Crippen LogP contribution is 2.35. The highest BCUT2D eigenvalue weighted by molar-refractivity contribution is 9.10. The van der Waals surface area contributed by atoms with Crippen LogP contribution in [-0.4, -0.2) is 55.4 Å². The van der Waals surface area contributed by atoms with Crippen LogP contribution in [0.15, 0.2) is 40.9 Å². The van der Waals surface area contributed by atoms with E-state index in [-0.39, 0.29) is 30.5 Å². The summed E-state index contributed by atoms with van der Waals surface area (Å²) in [6.45, 7) is 6.29. The Balaban J connectivity index is 2.23. The van der Waals surface area contributed by atoms with E-state index in [1.807, 2.05) is 0 Å². The zero-order valence-corrected chi connectivity index (χ0v) is 24.6. The summed E-state index contributed by atoms with van der Waals surface area (Å²) in [5.41, 5.74) is 0.874. The number of rotatable bonds is 14. The highest BCUT2D eigenvalue weighted by atomic mass is 79.9. The Morgan fingerprint density at radius 1 is 1.14 bits per heavy atom.